The second-order valence-electron chi connectivity index (χ2n) is 6.17. The molecular formula is C18H27NO2. The number of fused-ring (bicyclic) bond motifs is 1. The van der Waals surface area contributed by atoms with Crippen LogP contribution in [-0.2, 0) is 4.74 Å². The Labute approximate surface area is 128 Å². The van der Waals surface area contributed by atoms with E-state index in [1.54, 1.807) is 0 Å². The topological polar surface area (TPSA) is 30.5 Å². The maximum Gasteiger partial charge on any atom is 0.124 e. The van der Waals surface area contributed by atoms with Crippen LogP contribution in [0.2, 0.25) is 0 Å². The van der Waals surface area contributed by atoms with Crippen molar-refractivity contribution in [3.8, 4) is 5.75 Å². The smallest absolute Gasteiger partial charge is 0.124 e. The predicted molar refractivity (Wildman–Crippen MR) is 84.7 cm³/mol. The minimum absolute atomic E-state index is 0.435. The standard InChI is InChI=1S/C18H27NO2/c1-2-7-15(8-3-1)20-13-6-12-19-17-11-14-21-18-10-5-4-9-16(17)18/h4-5,9-10,15,17,19H,1-3,6-8,11-14H2. The van der Waals surface area contributed by atoms with E-state index >= 15 is 0 Å². The van der Waals surface area contributed by atoms with Crippen LogP contribution >= 0.6 is 0 Å². The summed E-state index contributed by atoms with van der Waals surface area (Å²) in [6, 6.07) is 8.80. The molecule has 2 aliphatic rings. The van der Waals surface area contributed by atoms with E-state index in [1.165, 1.54) is 37.7 Å². The molecule has 1 fully saturated rings. The van der Waals surface area contributed by atoms with E-state index in [0.717, 1.165) is 38.3 Å². The molecule has 1 aliphatic heterocycles. The Hall–Kier alpha value is -1.06. The van der Waals surface area contributed by atoms with Gasteiger partial charge in [0.15, 0.2) is 0 Å². The molecule has 21 heavy (non-hydrogen) atoms. The zero-order valence-corrected chi connectivity index (χ0v) is 12.9. The number of para-hydroxylation sites is 1. The molecule has 1 heterocycles. The van der Waals surface area contributed by atoms with Crippen molar-refractivity contribution in [2.45, 2.75) is 57.1 Å². The van der Waals surface area contributed by atoms with Crippen molar-refractivity contribution < 1.29 is 9.47 Å². The summed E-state index contributed by atoms with van der Waals surface area (Å²) in [5, 5.41) is 3.66. The van der Waals surface area contributed by atoms with E-state index in [2.05, 4.69) is 23.5 Å². The van der Waals surface area contributed by atoms with Gasteiger partial charge in [-0.05, 0) is 31.9 Å². The molecule has 3 nitrogen and oxygen atoms in total. The molecule has 1 N–H and O–H groups in total. The second kappa shape index (κ2) is 7.81. The molecule has 0 radical (unpaired) electrons. The lowest BCUT2D eigenvalue weighted by atomic mass is 9.98. The number of benzene rings is 1. The summed E-state index contributed by atoms with van der Waals surface area (Å²) < 4.78 is 11.7. The van der Waals surface area contributed by atoms with E-state index in [0.29, 0.717) is 12.1 Å². The third kappa shape index (κ3) is 4.21. The summed E-state index contributed by atoms with van der Waals surface area (Å²) in [7, 11) is 0. The molecule has 3 rings (SSSR count). The first-order valence-corrected chi connectivity index (χ1v) is 8.50. The summed E-state index contributed by atoms with van der Waals surface area (Å²) in [6.07, 6.45) is 9.30. The Morgan fingerprint density at radius 2 is 1.95 bits per heavy atom. The lowest BCUT2D eigenvalue weighted by Crippen LogP contribution is -2.28. The van der Waals surface area contributed by atoms with Gasteiger partial charge in [-0.25, -0.2) is 0 Å². The molecule has 1 saturated carbocycles. The van der Waals surface area contributed by atoms with E-state index in [1.807, 2.05) is 6.07 Å². The SMILES string of the molecule is c1ccc2c(c1)OCCC2NCCCOC1CCCCC1. The van der Waals surface area contributed by atoms with Crippen molar-refractivity contribution in [1.29, 1.82) is 0 Å². The average molecular weight is 289 g/mol. The van der Waals surface area contributed by atoms with Crippen molar-refractivity contribution in [3.05, 3.63) is 29.8 Å². The second-order valence-corrected chi connectivity index (χ2v) is 6.17. The van der Waals surface area contributed by atoms with Gasteiger partial charge in [0.1, 0.15) is 5.75 Å². The van der Waals surface area contributed by atoms with Crippen LogP contribution < -0.4 is 10.1 Å². The molecule has 0 spiro atoms. The predicted octanol–water partition coefficient (Wildman–Crippen LogP) is 3.84. The molecule has 0 amide bonds. The van der Waals surface area contributed by atoms with Crippen LogP contribution in [0.1, 0.15) is 56.6 Å². The molecule has 0 saturated heterocycles. The van der Waals surface area contributed by atoms with Gasteiger partial charge in [0.25, 0.3) is 0 Å². The highest BCUT2D eigenvalue weighted by Gasteiger charge is 2.20. The van der Waals surface area contributed by atoms with Crippen LogP contribution in [0, 0.1) is 0 Å². The molecule has 116 valence electrons. The van der Waals surface area contributed by atoms with Crippen molar-refractivity contribution in [2.24, 2.45) is 0 Å². The summed E-state index contributed by atoms with van der Waals surface area (Å²) in [4.78, 5) is 0. The van der Waals surface area contributed by atoms with Gasteiger partial charge in [-0.15, -0.1) is 0 Å². The van der Waals surface area contributed by atoms with Gasteiger partial charge in [-0.1, -0.05) is 37.5 Å². The molecule has 1 unspecified atom stereocenters. The number of hydrogen-bond acceptors (Lipinski definition) is 3. The highest BCUT2D eigenvalue weighted by atomic mass is 16.5. The van der Waals surface area contributed by atoms with Gasteiger partial charge in [0.05, 0.1) is 12.7 Å². The monoisotopic (exact) mass is 289 g/mol. The van der Waals surface area contributed by atoms with Gasteiger partial charge in [-0.3, -0.25) is 0 Å². The highest BCUT2D eigenvalue weighted by Crippen LogP contribution is 2.31. The molecule has 3 heteroatoms. The van der Waals surface area contributed by atoms with Gasteiger partial charge < -0.3 is 14.8 Å². The van der Waals surface area contributed by atoms with E-state index in [9.17, 15) is 0 Å². The van der Waals surface area contributed by atoms with Gasteiger partial charge in [0.2, 0.25) is 0 Å². The Morgan fingerprint density at radius 1 is 1.10 bits per heavy atom. The minimum atomic E-state index is 0.435. The largest absolute Gasteiger partial charge is 0.493 e. The molecule has 0 bridgehead atoms. The van der Waals surface area contributed by atoms with Crippen LogP contribution in [0.5, 0.6) is 5.75 Å². The number of rotatable bonds is 6. The number of hydrogen-bond donors (Lipinski definition) is 1. The molecule has 1 atom stereocenters. The zero-order valence-electron chi connectivity index (χ0n) is 12.9. The molecular weight excluding hydrogens is 262 g/mol. The first-order valence-electron chi connectivity index (χ1n) is 8.50. The van der Waals surface area contributed by atoms with Crippen molar-refractivity contribution in [3.63, 3.8) is 0 Å². The zero-order chi connectivity index (χ0) is 14.3. The molecule has 0 aromatic heterocycles. The van der Waals surface area contributed by atoms with Crippen LogP contribution in [0.4, 0.5) is 0 Å². The van der Waals surface area contributed by atoms with Gasteiger partial charge >= 0.3 is 0 Å². The number of ether oxygens (including phenoxy) is 2. The van der Waals surface area contributed by atoms with E-state index < -0.39 is 0 Å². The summed E-state index contributed by atoms with van der Waals surface area (Å²) >= 11 is 0. The van der Waals surface area contributed by atoms with Crippen molar-refractivity contribution in [2.75, 3.05) is 19.8 Å². The Kier molecular flexibility index (Phi) is 5.53. The Morgan fingerprint density at radius 3 is 2.86 bits per heavy atom. The van der Waals surface area contributed by atoms with Crippen molar-refractivity contribution >= 4 is 0 Å². The Bertz CT molecular complexity index is 429. The average Bonchev–Trinajstić information content (AvgIpc) is 2.56. The summed E-state index contributed by atoms with van der Waals surface area (Å²) in [6.45, 7) is 2.72. The van der Waals surface area contributed by atoms with Gasteiger partial charge in [-0.2, -0.15) is 0 Å². The fraction of sp³-hybridized carbons (Fsp3) is 0.667. The van der Waals surface area contributed by atoms with Gasteiger partial charge in [0, 0.05) is 24.6 Å². The Balaban J connectivity index is 1.36. The molecule has 1 aromatic rings. The lowest BCUT2D eigenvalue weighted by Gasteiger charge is -2.27. The van der Waals surface area contributed by atoms with E-state index in [4.69, 9.17) is 9.47 Å². The molecule has 1 aliphatic carbocycles. The van der Waals surface area contributed by atoms with Crippen LogP contribution in [0.25, 0.3) is 0 Å². The quantitative estimate of drug-likeness (QED) is 0.807. The third-order valence-corrected chi connectivity index (χ3v) is 4.58. The first-order chi connectivity index (χ1) is 10.4. The first kappa shape index (κ1) is 14.9. The van der Waals surface area contributed by atoms with E-state index in [-0.39, 0.29) is 0 Å². The fourth-order valence-corrected chi connectivity index (χ4v) is 3.38. The summed E-state index contributed by atoms with van der Waals surface area (Å²) in [5.74, 6) is 1.04. The van der Waals surface area contributed by atoms with Crippen LogP contribution in [0.3, 0.4) is 0 Å². The maximum atomic E-state index is 5.98. The van der Waals surface area contributed by atoms with Crippen LogP contribution in [-0.4, -0.2) is 25.9 Å². The normalized spacial score (nSPS) is 22.6. The highest BCUT2D eigenvalue weighted by molar-refractivity contribution is 5.37. The number of nitrogens with one attached hydrogen (secondary N) is 1. The lowest BCUT2D eigenvalue weighted by molar-refractivity contribution is 0.0269. The summed E-state index contributed by atoms with van der Waals surface area (Å²) in [5.41, 5.74) is 1.30. The minimum Gasteiger partial charge on any atom is -0.493 e. The maximum absolute atomic E-state index is 5.98. The van der Waals surface area contributed by atoms with Crippen LogP contribution in [0.15, 0.2) is 24.3 Å². The molecule has 1 aromatic carbocycles. The fourth-order valence-electron chi connectivity index (χ4n) is 3.38. The third-order valence-electron chi connectivity index (χ3n) is 4.58. The van der Waals surface area contributed by atoms with Crippen molar-refractivity contribution in [1.82, 2.24) is 5.32 Å².